The van der Waals surface area contributed by atoms with E-state index in [1.54, 1.807) is 12.1 Å². The molecule has 0 spiro atoms. The largest absolute Gasteiger partial charge is 0.478 e. The first-order valence-corrected chi connectivity index (χ1v) is 6.16. The van der Waals surface area contributed by atoms with Crippen LogP contribution in [0.1, 0.15) is 35.0 Å². The maximum Gasteiger partial charge on any atom is 0.338 e. The van der Waals surface area contributed by atoms with Gasteiger partial charge in [-0.3, -0.25) is 4.79 Å². The van der Waals surface area contributed by atoms with Gasteiger partial charge in [0.25, 0.3) is 0 Å². The average molecular weight is 253 g/mol. The van der Waals surface area contributed by atoms with E-state index in [9.17, 15) is 9.59 Å². The van der Waals surface area contributed by atoms with E-state index < -0.39 is 5.97 Å². The predicted octanol–water partition coefficient (Wildman–Crippen LogP) is 2.91. The van der Waals surface area contributed by atoms with Crippen LogP contribution in [0.25, 0.3) is 0 Å². The van der Waals surface area contributed by atoms with Crippen molar-refractivity contribution in [3.63, 3.8) is 0 Å². The Hall–Kier alpha value is -1.62. The second-order valence-corrected chi connectivity index (χ2v) is 4.63. The zero-order valence-corrected chi connectivity index (χ0v) is 10.5. The number of hydrogen-bond acceptors (Lipinski definition) is 3. The Morgan fingerprint density at radius 3 is 2.82 bits per heavy atom. The highest BCUT2D eigenvalue weighted by Crippen LogP contribution is 2.28. The van der Waals surface area contributed by atoms with Crippen molar-refractivity contribution in [2.24, 2.45) is 0 Å². The second kappa shape index (κ2) is 6.20. The third kappa shape index (κ3) is 3.71. The molecule has 0 fully saturated rings. The number of carbonyl (C=O) groups excluding carboxylic acids is 1. The molecule has 0 saturated carbocycles. The van der Waals surface area contributed by atoms with Gasteiger partial charge >= 0.3 is 5.97 Å². The fourth-order valence-corrected chi connectivity index (χ4v) is 2.29. The Morgan fingerprint density at radius 2 is 2.29 bits per heavy atom. The van der Waals surface area contributed by atoms with Crippen LogP contribution in [0.4, 0.5) is 5.00 Å². The van der Waals surface area contributed by atoms with Crippen molar-refractivity contribution in [1.82, 2.24) is 0 Å². The van der Waals surface area contributed by atoms with Crippen molar-refractivity contribution >= 4 is 28.2 Å². The molecule has 0 aliphatic rings. The Balaban J connectivity index is 2.81. The van der Waals surface area contributed by atoms with Gasteiger partial charge in [-0.15, -0.1) is 17.9 Å². The fourth-order valence-electron chi connectivity index (χ4n) is 1.29. The van der Waals surface area contributed by atoms with Crippen LogP contribution < -0.4 is 5.32 Å². The van der Waals surface area contributed by atoms with E-state index >= 15 is 0 Å². The van der Waals surface area contributed by atoms with Crippen LogP contribution in [0.3, 0.4) is 0 Å². The number of thiophene rings is 1. The van der Waals surface area contributed by atoms with Crippen molar-refractivity contribution in [1.29, 1.82) is 0 Å². The smallest absolute Gasteiger partial charge is 0.338 e. The molecular formula is C12H15NO3S. The Labute approximate surface area is 104 Å². The summed E-state index contributed by atoms with van der Waals surface area (Å²) in [5.41, 5.74) is 0.166. The van der Waals surface area contributed by atoms with E-state index in [1.165, 1.54) is 11.3 Å². The minimum absolute atomic E-state index is 0.166. The van der Waals surface area contributed by atoms with Gasteiger partial charge in [0, 0.05) is 11.3 Å². The van der Waals surface area contributed by atoms with E-state index in [1.807, 2.05) is 6.92 Å². The molecule has 0 saturated heterocycles. The molecule has 1 aromatic rings. The summed E-state index contributed by atoms with van der Waals surface area (Å²) in [4.78, 5) is 23.4. The van der Waals surface area contributed by atoms with Crippen LogP contribution in [-0.4, -0.2) is 17.0 Å². The van der Waals surface area contributed by atoms with Crippen LogP contribution in [0.2, 0.25) is 0 Å². The van der Waals surface area contributed by atoms with E-state index in [0.717, 1.165) is 11.3 Å². The van der Waals surface area contributed by atoms with Gasteiger partial charge in [0.15, 0.2) is 0 Å². The SMILES string of the molecule is C=CCCC(=O)Nc1sc(CC)cc1C(=O)O. The molecule has 0 atom stereocenters. The molecule has 0 aromatic carbocycles. The number of carboxylic acids is 1. The molecule has 0 aliphatic heterocycles. The number of aryl methyl sites for hydroxylation is 1. The Kier molecular flexibility index (Phi) is 4.90. The third-order valence-corrected chi connectivity index (χ3v) is 3.39. The van der Waals surface area contributed by atoms with Crippen molar-refractivity contribution in [2.45, 2.75) is 26.2 Å². The first kappa shape index (κ1) is 13.4. The summed E-state index contributed by atoms with van der Waals surface area (Å²) in [6.07, 6.45) is 3.32. The number of carboxylic acid groups (broad SMARTS) is 1. The van der Waals surface area contributed by atoms with Crippen molar-refractivity contribution < 1.29 is 14.7 Å². The Morgan fingerprint density at radius 1 is 1.59 bits per heavy atom. The van der Waals surface area contributed by atoms with E-state index in [-0.39, 0.29) is 11.5 Å². The molecule has 1 heterocycles. The molecular weight excluding hydrogens is 238 g/mol. The summed E-state index contributed by atoms with van der Waals surface area (Å²) in [7, 11) is 0. The topological polar surface area (TPSA) is 66.4 Å². The second-order valence-electron chi connectivity index (χ2n) is 3.49. The number of nitrogens with one attached hydrogen (secondary N) is 1. The average Bonchev–Trinajstić information content (AvgIpc) is 2.69. The van der Waals surface area contributed by atoms with Crippen LogP contribution in [0, 0.1) is 0 Å². The van der Waals surface area contributed by atoms with E-state index in [4.69, 9.17) is 5.11 Å². The van der Waals surface area contributed by atoms with Gasteiger partial charge in [-0.1, -0.05) is 13.0 Å². The molecule has 17 heavy (non-hydrogen) atoms. The van der Waals surface area contributed by atoms with Gasteiger partial charge in [0.05, 0.1) is 5.56 Å². The van der Waals surface area contributed by atoms with Gasteiger partial charge in [0.2, 0.25) is 5.91 Å². The summed E-state index contributed by atoms with van der Waals surface area (Å²) in [5, 5.41) is 12.1. The number of hydrogen-bond donors (Lipinski definition) is 2. The lowest BCUT2D eigenvalue weighted by Crippen LogP contribution is -2.12. The highest BCUT2D eigenvalue weighted by atomic mass is 32.1. The molecule has 1 amide bonds. The predicted molar refractivity (Wildman–Crippen MR) is 68.7 cm³/mol. The molecule has 0 unspecified atom stereocenters. The molecule has 92 valence electrons. The molecule has 5 heteroatoms. The first-order chi connectivity index (χ1) is 8.08. The highest BCUT2D eigenvalue weighted by molar-refractivity contribution is 7.16. The molecule has 1 rings (SSSR count). The van der Waals surface area contributed by atoms with E-state index in [0.29, 0.717) is 17.8 Å². The molecule has 0 radical (unpaired) electrons. The summed E-state index contributed by atoms with van der Waals surface area (Å²) in [6, 6.07) is 1.61. The zero-order valence-electron chi connectivity index (χ0n) is 9.66. The Bertz CT molecular complexity index is 437. The third-order valence-electron chi connectivity index (χ3n) is 2.19. The minimum Gasteiger partial charge on any atom is -0.478 e. The van der Waals surface area contributed by atoms with Crippen molar-refractivity contribution in [3.8, 4) is 0 Å². The molecule has 0 bridgehead atoms. The summed E-state index contributed by atoms with van der Waals surface area (Å²) in [5.74, 6) is -1.20. The van der Waals surface area contributed by atoms with Gasteiger partial charge < -0.3 is 10.4 Å². The summed E-state index contributed by atoms with van der Waals surface area (Å²) >= 11 is 1.31. The lowest BCUT2D eigenvalue weighted by Gasteiger charge is -2.02. The van der Waals surface area contributed by atoms with Gasteiger partial charge in [-0.25, -0.2) is 4.79 Å². The lowest BCUT2D eigenvalue weighted by molar-refractivity contribution is -0.116. The first-order valence-electron chi connectivity index (χ1n) is 5.35. The summed E-state index contributed by atoms with van der Waals surface area (Å²) in [6.45, 7) is 5.48. The summed E-state index contributed by atoms with van der Waals surface area (Å²) < 4.78 is 0. The number of carbonyl (C=O) groups is 2. The fraction of sp³-hybridized carbons (Fsp3) is 0.333. The van der Waals surface area contributed by atoms with Crippen LogP contribution in [-0.2, 0) is 11.2 Å². The van der Waals surface area contributed by atoms with Gasteiger partial charge in [-0.05, 0) is 18.9 Å². The number of allylic oxidation sites excluding steroid dienone is 1. The molecule has 1 aromatic heterocycles. The minimum atomic E-state index is -1.01. The van der Waals surface area contributed by atoms with Gasteiger partial charge in [0.1, 0.15) is 5.00 Å². The maximum absolute atomic E-state index is 11.5. The normalized spacial score (nSPS) is 9.94. The number of aromatic carboxylic acids is 1. The lowest BCUT2D eigenvalue weighted by atomic mass is 10.2. The molecule has 4 nitrogen and oxygen atoms in total. The quantitative estimate of drug-likeness (QED) is 0.766. The molecule has 2 N–H and O–H groups in total. The van der Waals surface area contributed by atoms with Crippen LogP contribution in [0.15, 0.2) is 18.7 Å². The number of amides is 1. The van der Waals surface area contributed by atoms with E-state index in [2.05, 4.69) is 11.9 Å². The number of rotatable bonds is 6. The van der Waals surface area contributed by atoms with Crippen molar-refractivity contribution in [2.75, 3.05) is 5.32 Å². The monoisotopic (exact) mass is 253 g/mol. The highest BCUT2D eigenvalue weighted by Gasteiger charge is 2.16. The van der Waals surface area contributed by atoms with Crippen LogP contribution >= 0.6 is 11.3 Å². The number of anilines is 1. The molecule has 0 aliphatic carbocycles. The van der Waals surface area contributed by atoms with Crippen molar-refractivity contribution in [3.05, 3.63) is 29.2 Å². The zero-order chi connectivity index (χ0) is 12.8. The standard InChI is InChI=1S/C12H15NO3S/c1-3-5-6-10(14)13-11-9(12(15)16)7-8(4-2)17-11/h3,7H,1,4-6H2,2H3,(H,13,14)(H,15,16). The maximum atomic E-state index is 11.5. The van der Waals surface area contributed by atoms with Crippen LogP contribution in [0.5, 0.6) is 0 Å². The van der Waals surface area contributed by atoms with Gasteiger partial charge in [-0.2, -0.15) is 0 Å².